The van der Waals surface area contributed by atoms with Crippen molar-refractivity contribution in [2.24, 2.45) is 0 Å². The lowest BCUT2D eigenvalue weighted by molar-refractivity contribution is 0.178. The van der Waals surface area contributed by atoms with E-state index in [1.807, 2.05) is 42.6 Å². The zero-order valence-corrected chi connectivity index (χ0v) is 12.4. The fourth-order valence-electron chi connectivity index (χ4n) is 2.79. The standard InChI is InChI=1S/C19H19NO/c1-13-6-5-8-16(14(13)2)19(21)12-15-10-11-20-18-9-4-3-7-17(15)18/h3-11,19,21H,12H2,1-2H3. The molecule has 0 amide bonds. The van der Waals surface area contributed by atoms with Crippen molar-refractivity contribution in [3.05, 3.63) is 77.0 Å². The Hall–Kier alpha value is -2.19. The van der Waals surface area contributed by atoms with Gasteiger partial charge in [0.2, 0.25) is 0 Å². The van der Waals surface area contributed by atoms with E-state index in [2.05, 4.69) is 31.0 Å². The Labute approximate surface area is 125 Å². The minimum absolute atomic E-state index is 0.490. The van der Waals surface area contributed by atoms with Crippen molar-refractivity contribution in [3.63, 3.8) is 0 Å². The molecular formula is C19H19NO. The average molecular weight is 277 g/mol. The van der Waals surface area contributed by atoms with Crippen LogP contribution in [0, 0.1) is 13.8 Å². The van der Waals surface area contributed by atoms with Gasteiger partial charge in [0.15, 0.2) is 0 Å². The van der Waals surface area contributed by atoms with Gasteiger partial charge in [-0.2, -0.15) is 0 Å². The van der Waals surface area contributed by atoms with Crippen LogP contribution in [0.3, 0.4) is 0 Å². The van der Waals surface area contributed by atoms with E-state index in [1.54, 1.807) is 0 Å². The molecule has 2 aromatic carbocycles. The molecule has 21 heavy (non-hydrogen) atoms. The number of aliphatic hydroxyl groups is 1. The summed E-state index contributed by atoms with van der Waals surface area (Å²) in [5.74, 6) is 0. The van der Waals surface area contributed by atoms with E-state index in [9.17, 15) is 5.11 Å². The summed E-state index contributed by atoms with van der Waals surface area (Å²) in [6.07, 6.45) is 1.93. The third-order valence-electron chi connectivity index (χ3n) is 4.16. The zero-order valence-electron chi connectivity index (χ0n) is 12.4. The van der Waals surface area contributed by atoms with Crippen LogP contribution in [0.4, 0.5) is 0 Å². The second-order valence-electron chi connectivity index (χ2n) is 5.50. The number of aryl methyl sites for hydroxylation is 1. The van der Waals surface area contributed by atoms with Gasteiger partial charge in [-0.3, -0.25) is 4.98 Å². The summed E-state index contributed by atoms with van der Waals surface area (Å²) in [6, 6.07) is 16.2. The fraction of sp³-hybridized carbons (Fsp3) is 0.211. The average Bonchev–Trinajstić information content (AvgIpc) is 2.50. The topological polar surface area (TPSA) is 33.1 Å². The maximum atomic E-state index is 10.6. The molecule has 0 radical (unpaired) electrons. The van der Waals surface area contributed by atoms with E-state index < -0.39 is 6.10 Å². The highest BCUT2D eigenvalue weighted by atomic mass is 16.3. The van der Waals surface area contributed by atoms with Crippen LogP contribution >= 0.6 is 0 Å². The van der Waals surface area contributed by atoms with Crippen LogP contribution in [-0.2, 0) is 6.42 Å². The molecule has 1 heterocycles. The van der Waals surface area contributed by atoms with Gasteiger partial charge in [-0.15, -0.1) is 0 Å². The summed E-state index contributed by atoms with van der Waals surface area (Å²) < 4.78 is 0. The summed E-state index contributed by atoms with van der Waals surface area (Å²) in [5.41, 5.74) is 5.50. The molecule has 0 spiro atoms. The van der Waals surface area contributed by atoms with Gasteiger partial charge in [0.25, 0.3) is 0 Å². The summed E-state index contributed by atoms with van der Waals surface area (Å²) >= 11 is 0. The second-order valence-corrected chi connectivity index (χ2v) is 5.50. The fourth-order valence-corrected chi connectivity index (χ4v) is 2.79. The third kappa shape index (κ3) is 2.67. The molecule has 0 saturated carbocycles. The minimum atomic E-state index is -0.490. The highest BCUT2D eigenvalue weighted by Gasteiger charge is 2.13. The zero-order chi connectivity index (χ0) is 14.8. The molecule has 0 saturated heterocycles. The van der Waals surface area contributed by atoms with Gasteiger partial charge in [-0.25, -0.2) is 0 Å². The number of pyridine rings is 1. The lowest BCUT2D eigenvalue weighted by atomic mass is 9.94. The molecule has 106 valence electrons. The Balaban J connectivity index is 1.97. The predicted molar refractivity (Wildman–Crippen MR) is 86.3 cm³/mol. The van der Waals surface area contributed by atoms with Crippen LogP contribution in [0.1, 0.15) is 28.4 Å². The number of aliphatic hydroxyl groups excluding tert-OH is 1. The van der Waals surface area contributed by atoms with Gasteiger partial charge in [0.1, 0.15) is 0 Å². The Morgan fingerprint density at radius 1 is 1.00 bits per heavy atom. The van der Waals surface area contributed by atoms with E-state index in [1.165, 1.54) is 11.1 Å². The Morgan fingerprint density at radius 3 is 2.67 bits per heavy atom. The smallest absolute Gasteiger partial charge is 0.0833 e. The van der Waals surface area contributed by atoms with Crippen LogP contribution in [0.15, 0.2) is 54.7 Å². The predicted octanol–water partition coefficient (Wildman–Crippen LogP) is 4.13. The number of fused-ring (bicyclic) bond motifs is 1. The number of para-hydroxylation sites is 1. The Bertz CT molecular complexity index is 774. The number of nitrogens with zero attached hydrogens (tertiary/aromatic N) is 1. The van der Waals surface area contributed by atoms with Crippen LogP contribution in [0.5, 0.6) is 0 Å². The summed E-state index contributed by atoms with van der Waals surface area (Å²) in [7, 11) is 0. The van der Waals surface area contributed by atoms with Gasteiger partial charge in [0, 0.05) is 18.0 Å². The van der Waals surface area contributed by atoms with Gasteiger partial charge in [-0.05, 0) is 48.2 Å². The maximum absolute atomic E-state index is 10.6. The van der Waals surface area contributed by atoms with Crippen molar-refractivity contribution < 1.29 is 5.11 Å². The molecule has 1 atom stereocenters. The molecule has 1 aromatic heterocycles. The summed E-state index contributed by atoms with van der Waals surface area (Å²) in [6.45, 7) is 4.14. The number of rotatable bonds is 3. The van der Waals surface area contributed by atoms with Gasteiger partial charge in [-0.1, -0.05) is 36.4 Å². The van der Waals surface area contributed by atoms with Crippen molar-refractivity contribution in [2.45, 2.75) is 26.4 Å². The molecule has 3 rings (SSSR count). The summed E-state index contributed by atoms with van der Waals surface area (Å²) in [5, 5.41) is 11.7. The van der Waals surface area contributed by atoms with Crippen LogP contribution in [-0.4, -0.2) is 10.1 Å². The maximum Gasteiger partial charge on any atom is 0.0833 e. The van der Waals surface area contributed by atoms with Gasteiger partial charge in [0.05, 0.1) is 11.6 Å². The lowest BCUT2D eigenvalue weighted by Crippen LogP contribution is -2.05. The minimum Gasteiger partial charge on any atom is -0.388 e. The molecular weight excluding hydrogens is 258 g/mol. The van der Waals surface area contributed by atoms with Crippen molar-refractivity contribution in [1.82, 2.24) is 4.98 Å². The van der Waals surface area contributed by atoms with Crippen molar-refractivity contribution in [2.75, 3.05) is 0 Å². The monoisotopic (exact) mass is 277 g/mol. The molecule has 0 aliphatic heterocycles. The number of hydrogen-bond acceptors (Lipinski definition) is 2. The molecule has 0 aliphatic carbocycles. The van der Waals surface area contributed by atoms with Crippen molar-refractivity contribution in [1.29, 1.82) is 0 Å². The molecule has 2 nitrogen and oxygen atoms in total. The first-order chi connectivity index (χ1) is 10.2. The first kappa shape index (κ1) is 13.8. The van der Waals surface area contributed by atoms with Gasteiger partial charge >= 0.3 is 0 Å². The van der Waals surface area contributed by atoms with E-state index in [0.717, 1.165) is 22.0 Å². The number of benzene rings is 2. The van der Waals surface area contributed by atoms with Crippen LogP contribution < -0.4 is 0 Å². The quantitative estimate of drug-likeness (QED) is 0.781. The van der Waals surface area contributed by atoms with Crippen molar-refractivity contribution >= 4 is 10.9 Å². The molecule has 3 aromatic rings. The highest BCUT2D eigenvalue weighted by Crippen LogP contribution is 2.26. The van der Waals surface area contributed by atoms with E-state index >= 15 is 0 Å². The largest absolute Gasteiger partial charge is 0.388 e. The molecule has 0 aliphatic rings. The van der Waals surface area contributed by atoms with Crippen molar-refractivity contribution in [3.8, 4) is 0 Å². The highest BCUT2D eigenvalue weighted by molar-refractivity contribution is 5.81. The normalized spacial score (nSPS) is 12.5. The lowest BCUT2D eigenvalue weighted by Gasteiger charge is -2.16. The summed E-state index contributed by atoms with van der Waals surface area (Å²) in [4.78, 5) is 4.37. The second kappa shape index (κ2) is 5.66. The molecule has 1 unspecified atom stereocenters. The molecule has 2 heteroatoms. The van der Waals surface area contributed by atoms with E-state index in [0.29, 0.717) is 6.42 Å². The first-order valence-corrected chi connectivity index (χ1v) is 7.23. The molecule has 0 fully saturated rings. The number of hydrogen-bond donors (Lipinski definition) is 1. The van der Waals surface area contributed by atoms with E-state index in [4.69, 9.17) is 0 Å². The Morgan fingerprint density at radius 2 is 1.81 bits per heavy atom. The number of aromatic nitrogens is 1. The van der Waals surface area contributed by atoms with E-state index in [-0.39, 0.29) is 0 Å². The first-order valence-electron chi connectivity index (χ1n) is 7.23. The SMILES string of the molecule is Cc1cccc(C(O)Cc2ccnc3ccccc23)c1C. The molecule has 0 bridgehead atoms. The van der Waals surface area contributed by atoms with Crippen LogP contribution in [0.25, 0.3) is 10.9 Å². The van der Waals surface area contributed by atoms with Gasteiger partial charge < -0.3 is 5.11 Å². The Kier molecular flexibility index (Phi) is 3.72. The van der Waals surface area contributed by atoms with Crippen LogP contribution in [0.2, 0.25) is 0 Å². The molecule has 1 N–H and O–H groups in total. The third-order valence-corrected chi connectivity index (χ3v) is 4.16.